The number of ether oxygens (including phenoxy) is 1. The number of fused-ring (bicyclic) bond motifs is 1. The van der Waals surface area contributed by atoms with Gasteiger partial charge in [-0.05, 0) is 90.0 Å². The van der Waals surface area contributed by atoms with Crippen LogP contribution in [0, 0.1) is 35.3 Å². The van der Waals surface area contributed by atoms with Crippen molar-refractivity contribution in [1.82, 2.24) is 0 Å². The minimum Gasteiger partial charge on any atom is -0.494 e. The van der Waals surface area contributed by atoms with Crippen LogP contribution in [-0.2, 0) is 0 Å². The van der Waals surface area contributed by atoms with Crippen LogP contribution in [0.2, 0.25) is 0 Å². The average molecular weight is 422 g/mol. The van der Waals surface area contributed by atoms with Gasteiger partial charge < -0.3 is 4.74 Å². The summed E-state index contributed by atoms with van der Waals surface area (Å²) in [6, 6.07) is 23.1. The van der Waals surface area contributed by atoms with Crippen molar-refractivity contribution in [2.24, 2.45) is 0 Å². The summed E-state index contributed by atoms with van der Waals surface area (Å²) in [6.07, 6.45) is 0.978. The Kier molecular flexibility index (Phi) is 6.49. The van der Waals surface area contributed by atoms with Crippen molar-refractivity contribution >= 4 is 10.8 Å². The van der Waals surface area contributed by atoms with E-state index in [1.54, 1.807) is 18.2 Å². The molecule has 0 saturated carbocycles. The van der Waals surface area contributed by atoms with Crippen LogP contribution in [0.3, 0.4) is 0 Å². The summed E-state index contributed by atoms with van der Waals surface area (Å²) < 4.78 is 32.4. The van der Waals surface area contributed by atoms with Crippen molar-refractivity contribution in [1.29, 1.82) is 0 Å². The lowest BCUT2D eigenvalue weighted by Crippen LogP contribution is -1.94. The monoisotopic (exact) mass is 422 g/mol. The molecule has 1 nitrogen and oxygen atoms in total. The Labute approximate surface area is 186 Å². The van der Waals surface area contributed by atoms with E-state index in [4.69, 9.17) is 4.74 Å². The number of halogens is 2. The molecule has 0 aliphatic rings. The van der Waals surface area contributed by atoms with Gasteiger partial charge in [0.2, 0.25) is 0 Å². The molecule has 0 amide bonds. The smallest absolute Gasteiger partial charge is 0.159 e. The number of hydrogen-bond acceptors (Lipinski definition) is 1. The predicted octanol–water partition coefficient (Wildman–Crippen LogP) is 6.71. The Balaban J connectivity index is 1.45. The van der Waals surface area contributed by atoms with E-state index in [0.29, 0.717) is 17.4 Å². The maximum Gasteiger partial charge on any atom is 0.159 e. The number of benzene rings is 4. The van der Waals surface area contributed by atoms with Crippen molar-refractivity contribution < 1.29 is 13.5 Å². The summed E-state index contributed by atoms with van der Waals surface area (Å²) in [7, 11) is 0. The molecule has 0 fully saturated rings. The summed E-state index contributed by atoms with van der Waals surface area (Å²) in [4.78, 5) is 0. The summed E-state index contributed by atoms with van der Waals surface area (Å²) >= 11 is 0. The molecule has 0 atom stereocenters. The Hall–Kier alpha value is -4.08. The quantitative estimate of drug-likeness (QED) is 0.334. The molecule has 0 N–H and O–H groups in total. The molecule has 3 heteroatoms. The van der Waals surface area contributed by atoms with Crippen molar-refractivity contribution in [3.05, 3.63) is 113 Å². The molecule has 0 radical (unpaired) electrons. The third kappa shape index (κ3) is 5.34. The normalized spacial score (nSPS) is 10.1. The molecule has 4 aromatic rings. The van der Waals surface area contributed by atoms with Gasteiger partial charge in [-0.2, -0.15) is 0 Å². The van der Waals surface area contributed by atoms with Gasteiger partial charge in [-0.3, -0.25) is 0 Å². The third-order valence-electron chi connectivity index (χ3n) is 4.79. The van der Waals surface area contributed by atoms with E-state index in [-0.39, 0.29) is 0 Å². The zero-order valence-corrected chi connectivity index (χ0v) is 17.6. The summed E-state index contributed by atoms with van der Waals surface area (Å²) in [5, 5.41) is 1.26. The Bertz CT molecular complexity index is 1360. The van der Waals surface area contributed by atoms with E-state index in [1.807, 2.05) is 48.5 Å². The van der Waals surface area contributed by atoms with Gasteiger partial charge in [0.1, 0.15) is 5.75 Å². The topological polar surface area (TPSA) is 9.23 Å². The summed E-state index contributed by atoms with van der Waals surface area (Å²) in [6.45, 7) is 2.78. The van der Waals surface area contributed by atoms with Crippen molar-refractivity contribution in [3.63, 3.8) is 0 Å². The predicted molar refractivity (Wildman–Crippen MR) is 124 cm³/mol. The first-order chi connectivity index (χ1) is 15.6. The fourth-order valence-electron chi connectivity index (χ4n) is 3.10. The molecule has 0 spiro atoms. The lowest BCUT2D eigenvalue weighted by Gasteiger charge is -2.03. The molecule has 0 unspecified atom stereocenters. The van der Waals surface area contributed by atoms with E-state index in [2.05, 4.69) is 30.6 Å². The van der Waals surface area contributed by atoms with Crippen molar-refractivity contribution in [2.45, 2.75) is 13.3 Å². The second-order valence-electron chi connectivity index (χ2n) is 7.28. The Morgan fingerprint density at radius 1 is 0.594 bits per heavy atom. The fraction of sp³-hybridized carbons (Fsp3) is 0.103. The average Bonchev–Trinajstić information content (AvgIpc) is 2.82. The van der Waals surface area contributed by atoms with Gasteiger partial charge in [0.15, 0.2) is 11.6 Å². The summed E-state index contributed by atoms with van der Waals surface area (Å²) in [5.41, 5.74) is 3.40. The van der Waals surface area contributed by atoms with E-state index in [0.717, 1.165) is 34.4 Å². The summed E-state index contributed by atoms with van der Waals surface area (Å²) in [5.74, 6) is 11.6. The first-order valence-electron chi connectivity index (χ1n) is 10.4. The Morgan fingerprint density at radius 3 is 1.62 bits per heavy atom. The molecule has 4 rings (SSSR count). The maximum absolute atomic E-state index is 13.5. The van der Waals surface area contributed by atoms with Crippen LogP contribution in [0.4, 0.5) is 8.78 Å². The van der Waals surface area contributed by atoms with E-state index in [9.17, 15) is 8.78 Å². The van der Waals surface area contributed by atoms with E-state index < -0.39 is 11.6 Å². The van der Waals surface area contributed by atoms with Crippen LogP contribution < -0.4 is 4.74 Å². The molecular weight excluding hydrogens is 402 g/mol. The molecule has 0 heterocycles. The molecule has 4 aromatic carbocycles. The largest absolute Gasteiger partial charge is 0.494 e. The van der Waals surface area contributed by atoms with Gasteiger partial charge in [-0.25, -0.2) is 8.78 Å². The van der Waals surface area contributed by atoms with E-state index >= 15 is 0 Å². The zero-order valence-electron chi connectivity index (χ0n) is 17.6. The molecule has 32 heavy (non-hydrogen) atoms. The minimum absolute atomic E-state index is 0.617. The van der Waals surface area contributed by atoms with Crippen molar-refractivity contribution in [3.8, 4) is 29.4 Å². The molecule has 156 valence electrons. The Morgan fingerprint density at radius 2 is 1.06 bits per heavy atom. The van der Waals surface area contributed by atoms with Gasteiger partial charge >= 0.3 is 0 Å². The van der Waals surface area contributed by atoms with Gasteiger partial charge in [-0.1, -0.05) is 36.7 Å². The first-order valence-corrected chi connectivity index (χ1v) is 10.4. The van der Waals surface area contributed by atoms with Gasteiger partial charge in [0.05, 0.1) is 6.61 Å². The second kappa shape index (κ2) is 9.82. The fourth-order valence-corrected chi connectivity index (χ4v) is 3.10. The van der Waals surface area contributed by atoms with Crippen LogP contribution in [0.15, 0.2) is 78.9 Å². The molecule has 0 aliphatic carbocycles. The van der Waals surface area contributed by atoms with Gasteiger partial charge in [-0.15, -0.1) is 0 Å². The van der Waals surface area contributed by atoms with Crippen LogP contribution in [0.1, 0.15) is 35.6 Å². The van der Waals surface area contributed by atoms with Gasteiger partial charge in [0.25, 0.3) is 0 Å². The standard InChI is InChI=1S/C29H20F2O/c1-2-17-32-27-15-12-23(13-16-27)8-7-21-3-5-22(6-4-21)9-10-24-11-14-25-19-28(30)29(31)20-26(25)18-24/h3-6,11-16,18-20H,2,17H2,1H3. The van der Waals surface area contributed by atoms with Crippen LogP contribution in [-0.4, -0.2) is 6.61 Å². The van der Waals surface area contributed by atoms with Crippen LogP contribution in [0.5, 0.6) is 5.75 Å². The SMILES string of the molecule is CCCOc1ccc(C#Cc2ccc(C#Cc3ccc4cc(F)c(F)cc4c3)cc2)cc1. The molecule has 0 aromatic heterocycles. The lowest BCUT2D eigenvalue weighted by molar-refractivity contribution is 0.317. The first kappa shape index (κ1) is 21.2. The number of hydrogen-bond donors (Lipinski definition) is 0. The lowest BCUT2D eigenvalue weighted by atomic mass is 10.1. The minimum atomic E-state index is -0.861. The van der Waals surface area contributed by atoms with Gasteiger partial charge in [0, 0.05) is 22.3 Å². The highest BCUT2D eigenvalue weighted by Gasteiger charge is 2.04. The van der Waals surface area contributed by atoms with E-state index in [1.165, 1.54) is 12.1 Å². The second-order valence-corrected chi connectivity index (χ2v) is 7.28. The molecule has 0 saturated heterocycles. The number of rotatable bonds is 3. The highest BCUT2D eigenvalue weighted by Crippen LogP contribution is 2.20. The third-order valence-corrected chi connectivity index (χ3v) is 4.79. The molecule has 0 aliphatic heterocycles. The highest BCUT2D eigenvalue weighted by atomic mass is 19.2. The van der Waals surface area contributed by atoms with Crippen LogP contribution >= 0.6 is 0 Å². The van der Waals surface area contributed by atoms with Crippen LogP contribution in [0.25, 0.3) is 10.8 Å². The maximum atomic E-state index is 13.5. The van der Waals surface area contributed by atoms with Crippen molar-refractivity contribution in [2.75, 3.05) is 6.61 Å². The highest BCUT2D eigenvalue weighted by molar-refractivity contribution is 5.84. The molecular formula is C29H20F2O. The molecule has 0 bridgehead atoms. The zero-order chi connectivity index (χ0) is 22.3.